The molecule has 0 saturated carbocycles. The Balaban J connectivity index is 1.70. The Morgan fingerprint density at radius 2 is 1.91 bits per heavy atom. The van der Waals surface area contributed by atoms with Crippen molar-refractivity contribution in [2.45, 2.75) is 17.7 Å². The van der Waals surface area contributed by atoms with Crippen molar-refractivity contribution in [1.29, 1.82) is 0 Å². The van der Waals surface area contributed by atoms with Crippen molar-refractivity contribution < 1.29 is 17.9 Å². The third kappa shape index (κ3) is 3.67. The van der Waals surface area contributed by atoms with Gasteiger partial charge in [0.2, 0.25) is 0 Å². The second-order valence-electron chi connectivity index (χ2n) is 5.98. The van der Waals surface area contributed by atoms with Crippen LogP contribution in [0, 0.1) is 5.92 Å². The Kier molecular flexibility index (Phi) is 4.31. The molecule has 1 heterocycles. The van der Waals surface area contributed by atoms with Crippen LogP contribution in [-0.2, 0) is 22.7 Å². The van der Waals surface area contributed by atoms with Gasteiger partial charge in [-0.05, 0) is 42.2 Å². The van der Waals surface area contributed by atoms with Crippen molar-refractivity contribution in [3.8, 4) is 11.5 Å². The van der Waals surface area contributed by atoms with Crippen molar-refractivity contribution in [2.24, 2.45) is 5.92 Å². The van der Waals surface area contributed by atoms with Crippen LogP contribution in [0.3, 0.4) is 0 Å². The van der Waals surface area contributed by atoms with E-state index in [1.54, 1.807) is 19.2 Å². The summed E-state index contributed by atoms with van der Waals surface area (Å²) in [5.74, 6) is 2.09. The molecule has 2 aromatic rings. The van der Waals surface area contributed by atoms with Crippen molar-refractivity contribution >= 4 is 9.84 Å². The summed E-state index contributed by atoms with van der Waals surface area (Å²) < 4.78 is 34.1. The van der Waals surface area contributed by atoms with E-state index in [0.717, 1.165) is 29.9 Å². The molecule has 1 aliphatic heterocycles. The zero-order valence-corrected chi connectivity index (χ0v) is 14.1. The number of fused-ring (bicyclic) bond motifs is 1. The number of methoxy groups -OCH3 is 1. The summed E-state index contributed by atoms with van der Waals surface area (Å²) in [6.45, 7) is 0.661. The number of rotatable bonds is 4. The zero-order valence-electron chi connectivity index (χ0n) is 13.3. The minimum absolute atomic E-state index is 0.360. The molecular weight excluding hydrogens is 312 g/mol. The van der Waals surface area contributed by atoms with Crippen molar-refractivity contribution in [3.63, 3.8) is 0 Å². The SMILES string of the molecule is COc1ccc2c(c1)OC[C@@H](Cc1ccc(S(C)(=O)=O)cc1)C2. The highest BCUT2D eigenvalue weighted by Gasteiger charge is 2.21. The van der Waals surface area contributed by atoms with Gasteiger partial charge in [0.25, 0.3) is 0 Å². The van der Waals surface area contributed by atoms with E-state index < -0.39 is 9.84 Å². The van der Waals surface area contributed by atoms with Crippen LogP contribution in [0.4, 0.5) is 0 Å². The largest absolute Gasteiger partial charge is 0.497 e. The highest BCUT2D eigenvalue weighted by Crippen LogP contribution is 2.32. The average molecular weight is 332 g/mol. The highest BCUT2D eigenvalue weighted by molar-refractivity contribution is 7.90. The molecule has 0 spiro atoms. The van der Waals surface area contributed by atoms with Crippen molar-refractivity contribution in [3.05, 3.63) is 53.6 Å². The van der Waals surface area contributed by atoms with E-state index in [1.165, 1.54) is 11.8 Å². The second-order valence-corrected chi connectivity index (χ2v) is 7.99. The van der Waals surface area contributed by atoms with Crippen LogP contribution in [0.25, 0.3) is 0 Å². The van der Waals surface area contributed by atoms with E-state index >= 15 is 0 Å². The van der Waals surface area contributed by atoms with Crippen molar-refractivity contribution in [1.82, 2.24) is 0 Å². The number of ether oxygens (including phenoxy) is 2. The van der Waals surface area contributed by atoms with Gasteiger partial charge in [-0.3, -0.25) is 0 Å². The molecule has 1 atom stereocenters. The predicted octanol–water partition coefficient (Wildman–Crippen LogP) is 2.89. The molecule has 0 aliphatic carbocycles. The molecule has 0 aromatic heterocycles. The van der Waals surface area contributed by atoms with Gasteiger partial charge < -0.3 is 9.47 Å². The lowest BCUT2D eigenvalue weighted by Crippen LogP contribution is -2.22. The van der Waals surface area contributed by atoms with Crippen LogP contribution < -0.4 is 9.47 Å². The Bertz CT molecular complexity index is 794. The lowest BCUT2D eigenvalue weighted by Gasteiger charge is -2.25. The predicted molar refractivity (Wildman–Crippen MR) is 88.9 cm³/mol. The first kappa shape index (κ1) is 15.9. The highest BCUT2D eigenvalue weighted by atomic mass is 32.2. The molecule has 0 bridgehead atoms. The third-order valence-corrected chi connectivity index (χ3v) is 5.26. The maximum atomic E-state index is 11.5. The fraction of sp³-hybridized carbons (Fsp3) is 0.333. The molecular formula is C18H20O4S. The second kappa shape index (κ2) is 6.24. The molecule has 4 nitrogen and oxygen atoms in total. The molecule has 0 unspecified atom stereocenters. The fourth-order valence-electron chi connectivity index (χ4n) is 2.88. The van der Waals surface area contributed by atoms with Gasteiger partial charge in [0.1, 0.15) is 11.5 Å². The van der Waals surface area contributed by atoms with Gasteiger partial charge in [0, 0.05) is 18.2 Å². The summed E-state index contributed by atoms with van der Waals surface area (Å²) in [4.78, 5) is 0.360. The maximum absolute atomic E-state index is 11.5. The summed E-state index contributed by atoms with van der Waals surface area (Å²) in [6.07, 6.45) is 3.05. The van der Waals surface area contributed by atoms with E-state index in [-0.39, 0.29) is 0 Å². The fourth-order valence-corrected chi connectivity index (χ4v) is 3.51. The van der Waals surface area contributed by atoms with Crippen LogP contribution in [0.1, 0.15) is 11.1 Å². The maximum Gasteiger partial charge on any atom is 0.175 e. The standard InChI is InChI=1S/C18H20O4S/c1-21-16-6-5-15-10-14(12-22-18(15)11-16)9-13-3-7-17(8-4-13)23(2,19)20/h3-8,11,14H,9-10,12H2,1-2H3/t14-/m0/s1. The van der Waals surface area contributed by atoms with Crippen LogP contribution in [0.2, 0.25) is 0 Å². The monoisotopic (exact) mass is 332 g/mol. The van der Waals surface area contributed by atoms with Gasteiger partial charge in [-0.15, -0.1) is 0 Å². The van der Waals surface area contributed by atoms with Crippen LogP contribution in [-0.4, -0.2) is 28.4 Å². The number of hydrogen-bond donors (Lipinski definition) is 0. The lowest BCUT2D eigenvalue weighted by atomic mass is 9.91. The number of benzene rings is 2. The Morgan fingerprint density at radius 1 is 1.17 bits per heavy atom. The summed E-state index contributed by atoms with van der Waals surface area (Å²) in [5, 5.41) is 0. The van der Waals surface area contributed by atoms with E-state index in [4.69, 9.17) is 9.47 Å². The molecule has 3 rings (SSSR count). The van der Waals surface area contributed by atoms with E-state index in [0.29, 0.717) is 17.4 Å². The minimum atomic E-state index is -3.14. The molecule has 0 saturated heterocycles. The Labute approximate surface area is 137 Å². The van der Waals surface area contributed by atoms with Crippen LogP contribution in [0.5, 0.6) is 11.5 Å². The van der Waals surface area contributed by atoms with Gasteiger partial charge in [0.05, 0.1) is 18.6 Å². The van der Waals surface area contributed by atoms with Gasteiger partial charge in [-0.1, -0.05) is 18.2 Å². The molecule has 1 aliphatic rings. The first-order chi connectivity index (χ1) is 11.0. The molecule has 23 heavy (non-hydrogen) atoms. The Morgan fingerprint density at radius 3 is 2.57 bits per heavy atom. The van der Waals surface area contributed by atoms with Crippen LogP contribution in [0.15, 0.2) is 47.4 Å². The third-order valence-electron chi connectivity index (χ3n) is 4.13. The average Bonchev–Trinajstić information content (AvgIpc) is 2.54. The molecule has 0 fully saturated rings. The molecule has 122 valence electrons. The first-order valence-electron chi connectivity index (χ1n) is 7.54. The van der Waals surface area contributed by atoms with Crippen LogP contribution >= 0.6 is 0 Å². The van der Waals surface area contributed by atoms with E-state index in [1.807, 2.05) is 30.3 Å². The molecule has 0 N–H and O–H groups in total. The Hall–Kier alpha value is -2.01. The van der Waals surface area contributed by atoms with E-state index in [9.17, 15) is 8.42 Å². The van der Waals surface area contributed by atoms with Gasteiger partial charge in [-0.2, -0.15) is 0 Å². The van der Waals surface area contributed by atoms with Gasteiger partial charge >= 0.3 is 0 Å². The van der Waals surface area contributed by atoms with Gasteiger partial charge in [0.15, 0.2) is 9.84 Å². The smallest absolute Gasteiger partial charge is 0.175 e. The lowest BCUT2D eigenvalue weighted by molar-refractivity contribution is 0.220. The topological polar surface area (TPSA) is 52.6 Å². The quantitative estimate of drug-likeness (QED) is 0.864. The molecule has 2 aromatic carbocycles. The zero-order chi connectivity index (χ0) is 16.4. The van der Waals surface area contributed by atoms with Crippen molar-refractivity contribution in [2.75, 3.05) is 20.0 Å². The molecule has 5 heteroatoms. The summed E-state index contributed by atoms with van der Waals surface area (Å²) in [7, 11) is -1.49. The summed E-state index contributed by atoms with van der Waals surface area (Å²) in [6, 6.07) is 13.0. The molecule has 0 amide bonds. The summed E-state index contributed by atoms with van der Waals surface area (Å²) in [5.41, 5.74) is 2.32. The number of sulfone groups is 1. The number of hydrogen-bond acceptors (Lipinski definition) is 4. The summed E-state index contributed by atoms with van der Waals surface area (Å²) >= 11 is 0. The first-order valence-corrected chi connectivity index (χ1v) is 9.43. The normalized spacial score (nSPS) is 17.2. The molecule has 0 radical (unpaired) electrons. The van der Waals surface area contributed by atoms with Gasteiger partial charge in [-0.25, -0.2) is 8.42 Å². The van der Waals surface area contributed by atoms with E-state index in [2.05, 4.69) is 0 Å². The minimum Gasteiger partial charge on any atom is -0.497 e.